The molecule has 0 fully saturated rings. The van der Waals surface area contributed by atoms with Crippen molar-refractivity contribution in [2.45, 2.75) is 6.92 Å². The van der Waals surface area contributed by atoms with Crippen LogP contribution in [0.5, 0.6) is 0 Å². The summed E-state index contributed by atoms with van der Waals surface area (Å²) in [5.74, 6) is 0. The molecule has 5 aromatic rings. The number of fused-ring (bicyclic) bond motifs is 4. The first-order valence-electron chi connectivity index (χ1n) is 7.85. The van der Waals surface area contributed by atoms with Gasteiger partial charge >= 0.3 is 0 Å². The van der Waals surface area contributed by atoms with Crippen molar-refractivity contribution in [3.63, 3.8) is 0 Å². The first kappa shape index (κ1) is 13.8. The first-order valence-corrected chi connectivity index (χ1v) is 7.85. The molecule has 7 heteroatoms. The van der Waals surface area contributed by atoms with E-state index in [1.165, 1.54) is 0 Å². The SMILES string of the molecule is Cc1cc(Nc2c3ccncc3nc3c2nn2cnccc32)ccn1. The van der Waals surface area contributed by atoms with Crippen LogP contribution in [0.1, 0.15) is 5.69 Å². The van der Waals surface area contributed by atoms with E-state index in [9.17, 15) is 0 Å². The molecule has 0 aliphatic carbocycles. The molecule has 0 bridgehead atoms. The number of aromatic nitrogens is 6. The highest BCUT2D eigenvalue weighted by molar-refractivity contribution is 6.10. The summed E-state index contributed by atoms with van der Waals surface area (Å²) in [4.78, 5) is 17.4. The Morgan fingerprint density at radius 1 is 1.00 bits per heavy atom. The summed E-state index contributed by atoms with van der Waals surface area (Å²) in [6.45, 7) is 1.96. The molecule has 25 heavy (non-hydrogen) atoms. The number of hydrogen-bond donors (Lipinski definition) is 1. The monoisotopic (exact) mass is 327 g/mol. The van der Waals surface area contributed by atoms with E-state index in [0.29, 0.717) is 0 Å². The van der Waals surface area contributed by atoms with Crippen LogP contribution in [0, 0.1) is 6.92 Å². The second kappa shape index (κ2) is 5.20. The average Bonchev–Trinajstić information content (AvgIpc) is 3.00. The lowest BCUT2D eigenvalue weighted by Crippen LogP contribution is -1.96. The quantitative estimate of drug-likeness (QED) is 0.536. The Morgan fingerprint density at radius 3 is 2.84 bits per heavy atom. The number of anilines is 2. The topological polar surface area (TPSA) is 80.9 Å². The molecule has 5 rings (SSSR count). The highest BCUT2D eigenvalue weighted by atomic mass is 15.2. The number of pyridine rings is 3. The Morgan fingerprint density at radius 2 is 1.92 bits per heavy atom. The molecule has 1 N–H and O–H groups in total. The summed E-state index contributed by atoms with van der Waals surface area (Å²) >= 11 is 0. The molecule has 0 saturated heterocycles. The van der Waals surface area contributed by atoms with Gasteiger partial charge in [-0.1, -0.05) is 0 Å². The van der Waals surface area contributed by atoms with Gasteiger partial charge in [0.15, 0.2) is 0 Å². The third kappa shape index (κ3) is 2.17. The molecule has 0 spiro atoms. The second-order valence-electron chi connectivity index (χ2n) is 5.80. The van der Waals surface area contributed by atoms with E-state index in [2.05, 4.69) is 25.4 Å². The zero-order valence-corrected chi connectivity index (χ0v) is 13.4. The molecule has 7 nitrogen and oxygen atoms in total. The highest BCUT2D eigenvalue weighted by Gasteiger charge is 2.15. The maximum Gasteiger partial charge on any atom is 0.136 e. The number of rotatable bonds is 2. The van der Waals surface area contributed by atoms with Gasteiger partial charge in [-0.3, -0.25) is 9.97 Å². The number of nitrogens with zero attached hydrogens (tertiary/aromatic N) is 6. The first-order chi connectivity index (χ1) is 12.3. The van der Waals surface area contributed by atoms with E-state index < -0.39 is 0 Å². The maximum absolute atomic E-state index is 4.76. The standard InChI is InChI=1S/C18H13N7/c1-11-8-12(2-7-21-11)22-16-13-3-5-19-9-14(13)23-17-15-4-6-20-10-25(15)24-18(16)17/h2-10H,1H3,(H,21,22). The van der Waals surface area contributed by atoms with Gasteiger partial charge in [0.25, 0.3) is 0 Å². The van der Waals surface area contributed by atoms with Crippen LogP contribution >= 0.6 is 0 Å². The van der Waals surface area contributed by atoms with Crippen LogP contribution in [0.2, 0.25) is 0 Å². The van der Waals surface area contributed by atoms with Gasteiger partial charge in [0.1, 0.15) is 17.4 Å². The molecule has 0 radical (unpaired) electrons. The van der Waals surface area contributed by atoms with Crippen molar-refractivity contribution in [2.24, 2.45) is 0 Å². The molecule has 0 aromatic carbocycles. The molecule has 0 saturated carbocycles. The summed E-state index contributed by atoms with van der Waals surface area (Å²) in [7, 11) is 0. The van der Waals surface area contributed by atoms with E-state index in [0.717, 1.165) is 44.5 Å². The lowest BCUT2D eigenvalue weighted by molar-refractivity contribution is 0.938. The van der Waals surface area contributed by atoms with Gasteiger partial charge in [-0.05, 0) is 31.2 Å². The largest absolute Gasteiger partial charge is 0.353 e. The number of hydrogen-bond acceptors (Lipinski definition) is 6. The van der Waals surface area contributed by atoms with Crippen LogP contribution in [0.4, 0.5) is 11.4 Å². The Hall–Kier alpha value is -3.61. The van der Waals surface area contributed by atoms with Crippen molar-refractivity contribution >= 4 is 38.8 Å². The van der Waals surface area contributed by atoms with Crippen LogP contribution in [0.3, 0.4) is 0 Å². The molecule has 5 aromatic heterocycles. The predicted octanol–water partition coefficient (Wildman–Crippen LogP) is 3.27. The van der Waals surface area contributed by atoms with Crippen molar-refractivity contribution in [1.82, 2.24) is 29.5 Å². The van der Waals surface area contributed by atoms with E-state index in [4.69, 9.17) is 4.98 Å². The Balaban J connectivity index is 1.86. The summed E-state index contributed by atoms with van der Waals surface area (Å²) in [5.41, 5.74) is 6.13. The van der Waals surface area contributed by atoms with Crippen LogP contribution in [0.25, 0.3) is 27.5 Å². The smallest absolute Gasteiger partial charge is 0.136 e. The van der Waals surface area contributed by atoms with E-state index in [1.54, 1.807) is 35.6 Å². The van der Waals surface area contributed by atoms with Crippen molar-refractivity contribution < 1.29 is 0 Å². The minimum absolute atomic E-state index is 0.793. The number of aryl methyl sites for hydroxylation is 1. The van der Waals surface area contributed by atoms with Gasteiger partial charge in [-0.25, -0.2) is 14.5 Å². The summed E-state index contributed by atoms with van der Waals surface area (Å²) in [6.07, 6.45) is 8.73. The fraction of sp³-hybridized carbons (Fsp3) is 0.0556. The van der Waals surface area contributed by atoms with E-state index >= 15 is 0 Å². The summed E-state index contributed by atoms with van der Waals surface area (Å²) in [5, 5.41) is 9.13. The Bertz CT molecular complexity index is 1240. The molecule has 0 amide bonds. The van der Waals surface area contributed by atoms with Crippen LogP contribution in [-0.4, -0.2) is 29.5 Å². The van der Waals surface area contributed by atoms with Gasteiger partial charge in [-0.2, -0.15) is 5.10 Å². The minimum atomic E-state index is 0.793. The fourth-order valence-electron chi connectivity index (χ4n) is 3.00. The van der Waals surface area contributed by atoms with E-state index in [-0.39, 0.29) is 0 Å². The van der Waals surface area contributed by atoms with Gasteiger partial charge in [0, 0.05) is 35.4 Å². The fourth-order valence-corrected chi connectivity index (χ4v) is 3.00. The van der Waals surface area contributed by atoms with Crippen molar-refractivity contribution in [3.8, 4) is 0 Å². The second-order valence-corrected chi connectivity index (χ2v) is 5.80. The normalized spacial score (nSPS) is 11.4. The molecular formula is C18H13N7. The van der Waals surface area contributed by atoms with E-state index in [1.807, 2.05) is 31.2 Å². The zero-order valence-electron chi connectivity index (χ0n) is 13.4. The van der Waals surface area contributed by atoms with Gasteiger partial charge < -0.3 is 5.32 Å². The average molecular weight is 327 g/mol. The van der Waals surface area contributed by atoms with Crippen molar-refractivity contribution in [1.29, 1.82) is 0 Å². The molecule has 5 heterocycles. The van der Waals surface area contributed by atoms with Crippen LogP contribution in [0.15, 0.2) is 55.4 Å². The Kier molecular flexibility index (Phi) is 2.87. The zero-order chi connectivity index (χ0) is 16.8. The molecule has 0 unspecified atom stereocenters. The summed E-state index contributed by atoms with van der Waals surface area (Å²) < 4.78 is 1.74. The molecule has 0 atom stereocenters. The van der Waals surface area contributed by atoms with Gasteiger partial charge in [-0.15, -0.1) is 0 Å². The third-order valence-corrected chi connectivity index (χ3v) is 4.12. The highest BCUT2D eigenvalue weighted by Crippen LogP contribution is 2.33. The van der Waals surface area contributed by atoms with Crippen LogP contribution < -0.4 is 5.32 Å². The maximum atomic E-state index is 4.76. The summed E-state index contributed by atoms with van der Waals surface area (Å²) in [6, 6.07) is 7.78. The minimum Gasteiger partial charge on any atom is -0.353 e. The number of nitrogens with one attached hydrogen (secondary N) is 1. The van der Waals surface area contributed by atoms with Crippen molar-refractivity contribution in [3.05, 3.63) is 61.1 Å². The Labute approximate surface area is 142 Å². The molecule has 120 valence electrons. The molecular weight excluding hydrogens is 314 g/mol. The van der Waals surface area contributed by atoms with Crippen LogP contribution in [-0.2, 0) is 0 Å². The molecule has 0 aliphatic rings. The lowest BCUT2D eigenvalue weighted by Gasteiger charge is -2.10. The third-order valence-electron chi connectivity index (χ3n) is 4.12. The van der Waals surface area contributed by atoms with Gasteiger partial charge in [0.2, 0.25) is 0 Å². The van der Waals surface area contributed by atoms with Gasteiger partial charge in [0.05, 0.1) is 22.9 Å². The predicted molar refractivity (Wildman–Crippen MR) is 95.8 cm³/mol. The molecule has 0 aliphatic heterocycles. The van der Waals surface area contributed by atoms with Crippen molar-refractivity contribution in [2.75, 3.05) is 5.32 Å². The lowest BCUT2D eigenvalue weighted by atomic mass is 10.1.